The molecule has 0 rings (SSSR count). The number of aliphatic carboxylic acids is 1. The Labute approximate surface area is 88.5 Å². The SMILES string of the molecule is CCC(O)CNC(=O)C(N)CCC(=O)O. The van der Waals surface area contributed by atoms with Crippen molar-refractivity contribution in [3.05, 3.63) is 0 Å². The van der Waals surface area contributed by atoms with Gasteiger partial charge in [-0.05, 0) is 12.8 Å². The van der Waals surface area contributed by atoms with Crippen LogP contribution in [-0.2, 0) is 9.59 Å². The van der Waals surface area contributed by atoms with Crippen LogP contribution in [0.15, 0.2) is 0 Å². The first kappa shape index (κ1) is 13.9. The topological polar surface area (TPSA) is 113 Å². The molecule has 6 heteroatoms. The van der Waals surface area contributed by atoms with Gasteiger partial charge >= 0.3 is 5.97 Å². The maximum absolute atomic E-state index is 11.2. The molecule has 2 unspecified atom stereocenters. The summed E-state index contributed by atoms with van der Waals surface area (Å²) in [5, 5.41) is 20.0. The minimum absolute atomic E-state index is 0.101. The van der Waals surface area contributed by atoms with Crippen LogP contribution in [0.3, 0.4) is 0 Å². The fourth-order valence-corrected chi connectivity index (χ4v) is 0.904. The Morgan fingerprint density at radius 2 is 2.07 bits per heavy atom. The van der Waals surface area contributed by atoms with E-state index >= 15 is 0 Å². The van der Waals surface area contributed by atoms with Crippen LogP contribution in [-0.4, -0.2) is 40.8 Å². The molecule has 0 aromatic rings. The van der Waals surface area contributed by atoms with Crippen LogP contribution in [0.5, 0.6) is 0 Å². The van der Waals surface area contributed by atoms with Gasteiger partial charge in [0.1, 0.15) is 0 Å². The molecule has 0 radical (unpaired) electrons. The molecule has 6 nitrogen and oxygen atoms in total. The molecule has 15 heavy (non-hydrogen) atoms. The first-order valence-corrected chi connectivity index (χ1v) is 4.90. The standard InChI is InChI=1S/C9H18N2O4/c1-2-6(12)5-11-9(15)7(10)3-4-8(13)14/h6-7,12H,2-5,10H2,1H3,(H,11,15)(H,13,14). The second kappa shape index (κ2) is 7.19. The van der Waals surface area contributed by atoms with Crippen molar-refractivity contribution in [3.8, 4) is 0 Å². The number of aliphatic hydroxyl groups excluding tert-OH is 1. The van der Waals surface area contributed by atoms with Gasteiger partial charge in [-0.1, -0.05) is 6.92 Å². The lowest BCUT2D eigenvalue weighted by atomic mass is 10.1. The van der Waals surface area contributed by atoms with Gasteiger partial charge in [0.15, 0.2) is 0 Å². The minimum Gasteiger partial charge on any atom is -0.481 e. The molecule has 0 aromatic carbocycles. The number of nitrogens with one attached hydrogen (secondary N) is 1. The number of carboxylic acids is 1. The van der Waals surface area contributed by atoms with Crippen molar-refractivity contribution in [3.63, 3.8) is 0 Å². The van der Waals surface area contributed by atoms with Crippen molar-refractivity contribution in [2.75, 3.05) is 6.54 Å². The fourth-order valence-electron chi connectivity index (χ4n) is 0.904. The third kappa shape index (κ3) is 6.87. The summed E-state index contributed by atoms with van der Waals surface area (Å²) < 4.78 is 0. The van der Waals surface area contributed by atoms with Crippen LogP contribution in [0, 0.1) is 0 Å². The Bertz CT molecular complexity index is 220. The molecular weight excluding hydrogens is 200 g/mol. The predicted octanol–water partition coefficient (Wildman–Crippen LogP) is -0.934. The van der Waals surface area contributed by atoms with E-state index in [0.717, 1.165) is 0 Å². The van der Waals surface area contributed by atoms with Crippen molar-refractivity contribution >= 4 is 11.9 Å². The summed E-state index contributed by atoms with van der Waals surface area (Å²) in [6, 6.07) is -0.829. The molecular formula is C9H18N2O4. The zero-order valence-electron chi connectivity index (χ0n) is 8.77. The largest absolute Gasteiger partial charge is 0.481 e. The molecule has 0 saturated carbocycles. The molecule has 0 aromatic heterocycles. The summed E-state index contributed by atoms with van der Waals surface area (Å²) in [5.74, 6) is -1.41. The van der Waals surface area contributed by atoms with Gasteiger partial charge in [-0.3, -0.25) is 9.59 Å². The summed E-state index contributed by atoms with van der Waals surface area (Å²) in [4.78, 5) is 21.4. The van der Waals surface area contributed by atoms with Crippen molar-refractivity contribution < 1.29 is 19.8 Å². The van der Waals surface area contributed by atoms with Gasteiger partial charge in [-0.2, -0.15) is 0 Å². The lowest BCUT2D eigenvalue weighted by Gasteiger charge is -2.13. The molecule has 88 valence electrons. The summed E-state index contributed by atoms with van der Waals surface area (Å²) >= 11 is 0. The molecule has 0 fully saturated rings. The van der Waals surface area contributed by atoms with E-state index in [0.29, 0.717) is 6.42 Å². The van der Waals surface area contributed by atoms with Gasteiger partial charge in [0.05, 0.1) is 12.1 Å². The van der Waals surface area contributed by atoms with Gasteiger partial charge in [0, 0.05) is 13.0 Å². The summed E-state index contributed by atoms with van der Waals surface area (Å²) in [6.07, 6.45) is -0.0699. The Balaban J connectivity index is 3.74. The lowest BCUT2D eigenvalue weighted by Crippen LogP contribution is -2.43. The molecule has 0 spiro atoms. The number of nitrogens with two attached hydrogens (primary N) is 1. The third-order valence-corrected chi connectivity index (χ3v) is 1.99. The maximum atomic E-state index is 11.2. The minimum atomic E-state index is -0.980. The van der Waals surface area contributed by atoms with E-state index in [1.165, 1.54) is 0 Å². The first-order valence-electron chi connectivity index (χ1n) is 4.90. The zero-order chi connectivity index (χ0) is 11.8. The third-order valence-electron chi connectivity index (χ3n) is 1.99. The first-order chi connectivity index (χ1) is 6.97. The van der Waals surface area contributed by atoms with Gasteiger partial charge < -0.3 is 21.3 Å². The number of carboxylic acid groups (broad SMARTS) is 1. The van der Waals surface area contributed by atoms with Crippen LogP contribution in [0.1, 0.15) is 26.2 Å². The molecule has 0 aliphatic heterocycles. The molecule has 0 bridgehead atoms. The predicted molar refractivity (Wildman–Crippen MR) is 54.2 cm³/mol. The van der Waals surface area contributed by atoms with E-state index in [1.807, 2.05) is 0 Å². The second-order valence-electron chi connectivity index (χ2n) is 3.35. The van der Waals surface area contributed by atoms with Crippen molar-refractivity contribution in [2.45, 2.75) is 38.3 Å². The van der Waals surface area contributed by atoms with Crippen LogP contribution in [0.25, 0.3) is 0 Å². The van der Waals surface area contributed by atoms with Crippen molar-refractivity contribution in [1.82, 2.24) is 5.32 Å². The van der Waals surface area contributed by atoms with Gasteiger partial charge in [-0.15, -0.1) is 0 Å². The fraction of sp³-hybridized carbons (Fsp3) is 0.778. The van der Waals surface area contributed by atoms with Crippen LogP contribution < -0.4 is 11.1 Å². The smallest absolute Gasteiger partial charge is 0.303 e. The summed E-state index contributed by atoms with van der Waals surface area (Å²) in [6.45, 7) is 1.94. The highest BCUT2D eigenvalue weighted by Crippen LogP contribution is 1.95. The van der Waals surface area contributed by atoms with E-state index in [2.05, 4.69) is 5.32 Å². The van der Waals surface area contributed by atoms with E-state index in [-0.39, 0.29) is 19.4 Å². The molecule has 0 aliphatic rings. The van der Waals surface area contributed by atoms with E-state index in [4.69, 9.17) is 15.9 Å². The quantitative estimate of drug-likeness (QED) is 0.441. The highest BCUT2D eigenvalue weighted by atomic mass is 16.4. The number of carbonyl (C=O) groups is 2. The Morgan fingerprint density at radius 3 is 2.53 bits per heavy atom. The second-order valence-corrected chi connectivity index (χ2v) is 3.35. The molecule has 1 amide bonds. The molecule has 2 atom stereocenters. The Morgan fingerprint density at radius 1 is 1.47 bits per heavy atom. The number of aliphatic hydroxyl groups is 1. The van der Waals surface area contributed by atoms with E-state index < -0.39 is 24.0 Å². The van der Waals surface area contributed by atoms with Gasteiger partial charge in [-0.25, -0.2) is 0 Å². The lowest BCUT2D eigenvalue weighted by molar-refractivity contribution is -0.137. The Hall–Kier alpha value is -1.14. The number of hydrogen-bond acceptors (Lipinski definition) is 4. The van der Waals surface area contributed by atoms with Gasteiger partial charge in [0.2, 0.25) is 5.91 Å². The number of amides is 1. The zero-order valence-corrected chi connectivity index (χ0v) is 8.77. The van der Waals surface area contributed by atoms with E-state index in [1.54, 1.807) is 6.92 Å². The van der Waals surface area contributed by atoms with E-state index in [9.17, 15) is 9.59 Å². The highest BCUT2D eigenvalue weighted by Gasteiger charge is 2.15. The molecule has 0 heterocycles. The normalized spacial score (nSPS) is 14.3. The van der Waals surface area contributed by atoms with Crippen molar-refractivity contribution in [2.24, 2.45) is 5.73 Å². The van der Waals surface area contributed by atoms with Crippen LogP contribution >= 0.6 is 0 Å². The maximum Gasteiger partial charge on any atom is 0.303 e. The molecule has 0 aliphatic carbocycles. The summed E-state index contributed by atoms with van der Waals surface area (Å²) in [7, 11) is 0. The number of carbonyl (C=O) groups excluding carboxylic acids is 1. The number of rotatable bonds is 7. The summed E-state index contributed by atoms with van der Waals surface area (Å²) in [5.41, 5.74) is 5.44. The number of hydrogen-bond donors (Lipinski definition) is 4. The van der Waals surface area contributed by atoms with Gasteiger partial charge in [0.25, 0.3) is 0 Å². The van der Waals surface area contributed by atoms with Crippen LogP contribution in [0.4, 0.5) is 0 Å². The molecule has 0 saturated heterocycles. The Kier molecular flexibility index (Phi) is 6.64. The highest BCUT2D eigenvalue weighted by molar-refractivity contribution is 5.82. The average molecular weight is 218 g/mol. The van der Waals surface area contributed by atoms with Crippen molar-refractivity contribution in [1.29, 1.82) is 0 Å². The monoisotopic (exact) mass is 218 g/mol. The van der Waals surface area contributed by atoms with Crippen LogP contribution in [0.2, 0.25) is 0 Å². The molecule has 5 N–H and O–H groups in total. The average Bonchev–Trinajstić information content (AvgIpc) is 2.21.